The normalized spacial score (nSPS) is 12.4. The van der Waals surface area contributed by atoms with Crippen molar-refractivity contribution in [1.29, 1.82) is 0 Å². The second kappa shape index (κ2) is 6.72. The molecule has 1 aromatic carbocycles. The smallest absolute Gasteiger partial charge is 0.200 e. The third-order valence-corrected chi connectivity index (χ3v) is 5.92. The third-order valence-electron chi connectivity index (χ3n) is 2.82. The molecule has 0 fully saturated rings. The molecule has 0 aliphatic rings. The molecule has 7 heteroatoms. The van der Waals surface area contributed by atoms with Gasteiger partial charge in [-0.3, -0.25) is 0 Å². The molecule has 0 atom stereocenters. The molecule has 2 aromatic rings. The van der Waals surface area contributed by atoms with Crippen molar-refractivity contribution >= 4 is 43.0 Å². The molecule has 112 valence electrons. The Labute approximate surface area is 137 Å². The highest BCUT2D eigenvalue weighted by molar-refractivity contribution is 9.10. The number of rotatable bonds is 5. The number of aryl methyl sites for hydroxylation is 1. The van der Waals surface area contributed by atoms with Crippen LogP contribution in [0.3, 0.4) is 0 Å². The van der Waals surface area contributed by atoms with Gasteiger partial charge in [0.1, 0.15) is 0 Å². The van der Waals surface area contributed by atoms with Gasteiger partial charge in [-0.2, -0.15) is 18.4 Å². The van der Waals surface area contributed by atoms with E-state index in [4.69, 9.17) is 0 Å². The largest absolute Gasteiger partial charge is 0.276 e. The van der Waals surface area contributed by atoms with Gasteiger partial charge in [0.2, 0.25) is 0 Å². The van der Waals surface area contributed by atoms with Gasteiger partial charge in [-0.1, -0.05) is 22.9 Å². The molecule has 0 aliphatic heterocycles. The van der Waals surface area contributed by atoms with Crippen molar-refractivity contribution in [1.82, 2.24) is 4.83 Å². The molecule has 4 nitrogen and oxygen atoms in total. The van der Waals surface area contributed by atoms with Crippen LogP contribution in [0.25, 0.3) is 0 Å². The molecule has 0 amide bonds. The summed E-state index contributed by atoms with van der Waals surface area (Å²) >= 11 is 4.89. The average molecular weight is 387 g/mol. The van der Waals surface area contributed by atoms with Crippen LogP contribution in [0.5, 0.6) is 0 Å². The summed E-state index contributed by atoms with van der Waals surface area (Å²) in [5.74, 6) is 0. The Morgan fingerprint density at radius 3 is 2.48 bits per heavy atom. The van der Waals surface area contributed by atoms with Crippen molar-refractivity contribution in [2.45, 2.75) is 25.2 Å². The van der Waals surface area contributed by atoms with Crippen LogP contribution in [0.1, 0.15) is 23.6 Å². The predicted octanol–water partition coefficient (Wildman–Crippen LogP) is 3.78. The maximum absolute atomic E-state index is 12.1. The molecule has 1 aromatic heterocycles. The lowest BCUT2D eigenvalue weighted by molar-refractivity contribution is 0.584. The summed E-state index contributed by atoms with van der Waals surface area (Å²) in [5.41, 5.74) is 0.653. The van der Waals surface area contributed by atoms with Gasteiger partial charge in [0.15, 0.2) is 0 Å². The molecule has 0 saturated heterocycles. The number of halogens is 1. The van der Waals surface area contributed by atoms with E-state index in [9.17, 15) is 8.42 Å². The Morgan fingerprint density at radius 1 is 1.24 bits per heavy atom. The fraction of sp³-hybridized carbons (Fsp3) is 0.214. The lowest BCUT2D eigenvalue weighted by Gasteiger charge is -2.04. The number of sulfonamides is 1. The Kier molecular flexibility index (Phi) is 5.18. The van der Waals surface area contributed by atoms with Crippen LogP contribution in [-0.2, 0) is 16.4 Å². The fourth-order valence-electron chi connectivity index (χ4n) is 1.61. The first-order valence-corrected chi connectivity index (χ1v) is 9.42. The van der Waals surface area contributed by atoms with E-state index < -0.39 is 10.0 Å². The molecule has 2 rings (SSSR count). The number of nitrogens with zero attached hydrogens (tertiary/aromatic N) is 1. The number of hydrogen-bond donors (Lipinski definition) is 1. The van der Waals surface area contributed by atoms with E-state index in [2.05, 4.69) is 32.8 Å². The van der Waals surface area contributed by atoms with Crippen LogP contribution < -0.4 is 4.83 Å². The second-order valence-electron chi connectivity index (χ2n) is 4.37. The lowest BCUT2D eigenvalue weighted by atomic mass is 10.3. The van der Waals surface area contributed by atoms with Gasteiger partial charge < -0.3 is 0 Å². The number of hydrazone groups is 1. The zero-order valence-corrected chi connectivity index (χ0v) is 14.8. The summed E-state index contributed by atoms with van der Waals surface area (Å²) in [7, 11) is -3.63. The number of hydrogen-bond acceptors (Lipinski definition) is 4. The first-order chi connectivity index (χ1) is 9.92. The van der Waals surface area contributed by atoms with E-state index in [-0.39, 0.29) is 4.90 Å². The number of benzene rings is 1. The van der Waals surface area contributed by atoms with Gasteiger partial charge in [0, 0.05) is 9.35 Å². The molecular formula is C14H15BrN2O2S2. The highest BCUT2D eigenvalue weighted by atomic mass is 79.9. The molecule has 1 heterocycles. The molecule has 0 radical (unpaired) electrons. The van der Waals surface area contributed by atoms with Crippen LogP contribution in [-0.4, -0.2) is 14.1 Å². The molecular weight excluding hydrogens is 372 g/mol. The Morgan fingerprint density at radius 2 is 1.90 bits per heavy atom. The van der Waals surface area contributed by atoms with Crippen molar-refractivity contribution in [3.05, 3.63) is 50.6 Å². The Bertz CT molecular complexity index is 750. The van der Waals surface area contributed by atoms with E-state index in [1.54, 1.807) is 30.4 Å². The van der Waals surface area contributed by atoms with Crippen LogP contribution >= 0.6 is 27.3 Å². The molecule has 0 aliphatic carbocycles. The average Bonchev–Trinajstić information content (AvgIpc) is 2.94. The number of nitrogens with one attached hydrogen (secondary N) is 1. The quantitative estimate of drug-likeness (QED) is 0.627. The monoisotopic (exact) mass is 386 g/mol. The predicted molar refractivity (Wildman–Crippen MR) is 90.4 cm³/mol. The van der Waals surface area contributed by atoms with Gasteiger partial charge in [0.05, 0.1) is 15.5 Å². The van der Waals surface area contributed by atoms with Crippen molar-refractivity contribution in [3.8, 4) is 0 Å². The molecule has 1 N–H and O–H groups in total. The Hall–Kier alpha value is -1.18. The topological polar surface area (TPSA) is 58.5 Å². The molecule has 0 bridgehead atoms. The minimum atomic E-state index is -3.63. The second-order valence-corrected chi connectivity index (χ2v) is 8.11. The number of thiophene rings is 1. The highest BCUT2D eigenvalue weighted by Crippen LogP contribution is 2.18. The van der Waals surface area contributed by atoms with Crippen LogP contribution in [0.15, 0.2) is 50.9 Å². The summed E-state index contributed by atoms with van der Waals surface area (Å²) in [6, 6.07) is 10.4. The van der Waals surface area contributed by atoms with E-state index in [0.29, 0.717) is 5.71 Å². The van der Waals surface area contributed by atoms with Gasteiger partial charge in [-0.05, 0) is 49.7 Å². The van der Waals surface area contributed by atoms with Crippen molar-refractivity contribution in [3.63, 3.8) is 0 Å². The first-order valence-electron chi connectivity index (χ1n) is 6.33. The van der Waals surface area contributed by atoms with Crippen molar-refractivity contribution in [2.75, 3.05) is 0 Å². The van der Waals surface area contributed by atoms with Crippen molar-refractivity contribution in [2.24, 2.45) is 5.10 Å². The van der Waals surface area contributed by atoms with E-state index >= 15 is 0 Å². The molecule has 0 spiro atoms. The van der Waals surface area contributed by atoms with E-state index in [1.165, 1.54) is 17.0 Å². The van der Waals surface area contributed by atoms with Gasteiger partial charge in [0.25, 0.3) is 10.0 Å². The summed E-state index contributed by atoms with van der Waals surface area (Å²) in [5, 5.41) is 3.99. The summed E-state index contributed by atoms with van der Waals surface area (Å²) < 4.78 is 25.0. The zero-order chi connectivity index (χ0) is 15.5. The molecule has 0 unspecified atom stereocenters. The first kappa shape index (κ1) is 16.2. The van der Waals surface area contributed by atoms with E-state index in [0.717, 1.165) is 15.8 Å². The SMILES string of the molecule is CCc1ccc(C(C)=NNS(=O)(=O)c2ccc(Br)cc2)s1. The maximum Gasteiger partial charge on any atom is 0.276 e. The van der Waals surface area contributed by atoms with Gasteiger partial charge in [-0.15, -0.1) is 11.3 Å². The van der Waals surface area contributed by atoms with Gasteiger partial charge in [-0.25, -0.2) is 0 Å². The fourth-order valence-corrected chi connectivity index (χ4v) is 3.63. The van der Waals surface area contributed by atoms with Gasteiger partial charge >= 0.3 is 0 Å². The zero-order valence-electron chi connectivity index (χ0n) is 11.6. The van der Waals surface area contributed by atoms with Crippen LogP contribution in [0.2, 0.25) is 0 Å². The van der Waals surface area contributed by atoms with Crippen molar-refractivity contribution < 1.29 is 8.42 Å². The minimum Gasteiger partial charge on any atom is -0.200 e. The van der Waals surface area contributed by atoms with Crippen LogP contribution in [0.4, 0.5) is 0 Å². The summed E-state index contributed by atoms with van der Waals surface area (Å²) in [6.07, 6.45) is 0.961. The third kappa shape index (κ3) is 4.15. The molecule has 0 saturated carbocycles. The summed E-state index contributed by atoms with van der Waals surface area (Å²) in [4.78, 5) is 4.66. The lowest BCUT2D eigenvalue weighted by Crippen LogP contribution is -2.19. The summed E-state index contributed by atoms with van der Waals surface area (Å²) in [6.45, 7) is 3.87. The standard InChI is InChI=1S/C14H15BrN2O2S2/c1-3-12-6-9-14(20-12)10(2)16-17-21(18,19)13-7-4-11(15)5-8-13/h4-9,17H,3H2,1-2H3. The molecule has 21 heavy (non-hydrogen) atoms. The highest BCUT2D eigenvalue weighted by Gasteiger charge is 2.13. The minimum absolute atomic E-state index is 0.183. The van der Waals surface area contributed by atoms with E-state index in [1.807, 2.05) is 12.1 Å². The Balaban J connectivity index is 2.16. The maximum atomic E-state index is 12.1. The van der Waals surface area contributed by atoms with Crippen LogP contribution in [0, 0.1) is 0 Å².